The van der Waals surface area contributed by atoms with E-state index < -0.39 is 20.5 Å². The maximum atomic E-state index is 13.3. The number of nitrogens with one attached hydrogen (secondary N) is 1. The molecule has 0 aromatic heterocycles. The molecule has 0 spiro atoms. The van der Waals surface area contributed by atoms with E-state index >= 15 is 0 Å². The molecule has 26 heavy (non-hydrogen) atoms. The second-order valence-corrected chi connectivity index (χ2v) is 8.66. The zero-order valence-electron chi connectivity index (χ0n) is 14.8. The topological polar surface area (TPSA) is 72.5 Å². The molecule has 1 aliphatic rings. The molecule has 1 saturated carbocycles. The summed E-state index contributed by atoms with van der Waals surface area (Å²) in [5.41, 5.74) is 0.494. The first kappa shape index (κ1) is 18.5. The van der Waals surface area contributed by atoms with Crippen LogP contribution in [0.25, 0.3) is 0 Å². The number of hydrogen-bond donors (Lipinski definition) is 1. The number of carbonyl (C=O) groups is 1. The number of benzene rings is 2. The molecule has 2 aromatic rings. The predicted molar refractivity (Wildman–Crippen MR) is 101 cm³/mol. The van der Waals surface area contributed by atoms with Gasteiger partial charge in [-0.2, -0.15) is 0 Å². The molecule has 0 aliphatic heterocycles. The molecule has 1 amide bonds. The van der Waals surface area contributed by atoms with Gasteiger partial charge < -0.3 is 10.1 Å². The van der Waals surface area contributed by atoms with E-state index in [0.717, 1.165) is 0 Å². The molecule has 6 heteroatoms. The van der Waals surface area contributed by atoms with Gasteiger partial charge in [0, 0.05) is 0 Å². The van der Waals surface area contributed by atoms with Gasteiger partial charge in [-0.15, -0.1) is 0 Å². The van der Waals surface area contributed by atoms with Crippen molar-refractivity contribution in [1.82, 2.24) is 0 Å². The van der Waals surface area contributed by atoms with Crippen LogP contribution in [-0.2, 0) is 14.6 Å². The first-order chi connectivity index (χ1) is 12.5. The summed E-state index contributed by atoms with van der Waals surface area (Å²) < 4.78 is 30.7. The summed E-state index contributed by atoms with van der Waals surface area (Å²) in [6.45, 7) is 2.32. The van der Waals surface area contributed by atoms with Crippen LogP contribution < -0.4 is 10.1 Å². The van der Waals surface area contributed by atoms with Gasteiger partial charge in [-0.3, -0.25) is 4.79 Å². The summed E-state index contributed by atoms with van der Waals surface area (Å²) in [7, 11) is -3.80. The van der Waals surface area contributed by atoms with E-state index in [1.807, 2.05) is 13.0 Å². The van der Waals surface area contributed by atoms with E-state index in [1.165, 1.54) is 0 Å². The second kappa shape index (κ2) is 7.50. The second-order valence-electron chi connectivity index (χ2n) is 6.40. The van der Waals surface area contributed by atoms with Crippen LogP contribution in [0, 0.1) is 0 Å². The van der Waals surface area contributed by atoms with Crippen molar-refractivity contribution in [3.63, 3.8) is 0 Å². The molecule has 0 radical (unpaired) electrons. The normalized spacial score (nSPS) is 16.2. The predicted octanol–water partition coefficient (Wildman–Crippen LogP) is 3.81. The minimum absolute atomic E-state index is 0.190. The number of carbonyl (C=O) groups excluding carboxylic acids is 1. The van der Waals surface area contributed by atoms with Gasteiger partial charge in [0.15, 0.2) is 14.6 Å². The lowest BCUT2D eigenvalue weighted by Gasteiger charge is -2.28. The monoisotopic (exact) mass is 373 g/mol. The third-order valence-electron chi connectivity index (χ3n) is 4.83. The van der Waals surface area contributed by atoms with Crippen molar-refractivity contribution in [2.75, 3.05) is 11.9 Å². The average molecular weight is 373 g/mol. The molecule has 5 nitrogen and oxygen atoms in total. The van der Waals surface area contributed by atoms with Crippen LogP contribution in [0.5, 0.6) is 5.75 Å². The molecule has 0 bridgehead atoms. The fourth-order valence-corrected chi connectivity index (χ4v) is 5.56. The van der Waals surface area contributed by atoms with E-state index in [1.54, 1.807) is 48.5 Å². The molecule has 2 aromatic carbocycles. The number of amides is 1. The highest BCUT2D eigenvalue weighted by Gasteiger charge is 2.53. The number of sulfone groups is 1. The Hall–Kier alpha value is -2.34. The lowest BCUT2D eigenvalue weighted by Crippen LogP contribution is -2.47. The smallest absolute Gasteiger partial charge is 0.246 e. The molecule has 0 atom stereocenters. The van der Waals surface area contributed by atoms with Crippen molar-refractivity contribution >= 4 is 21.4 Å². The highest BCUT2D eigenvalue weighted by molar-refractivity contribution is 7.93. The fourth-order valence-electron chi connectivity index (χ4n) is 3.48. The van der Waals surface area contributed by atoms with Gasteiger partial charge in [-0.25, -0.2) is 8.42 Å². The van der Waals surface area contributed by atoms with E-state index in [-0.39, 0.29) is 4.90 Å². The Kier molecular flexibility index (Phi) is 5.32. The summed E-state index contributed by atoms with van der Waals surface area (Å²) in [5.74, 6) is 0.0552. The SMILES string of the molecule is CCOc1ccccc1NC(=O)C1(S(=O)(=O)c2ccccc2)CCCC1. The maximum absolute atomic E-state index is 13.3. The van der Waals surface area contributed by atoms with Gasteiger partial charge in [-0.1, -0.05) is 43.2 Å². The van der Waals surface area contributed by atoms with Gasteiger partial charge in [0.25, 0.3) is 0 Å². The zero-order valence-corrected chi connectivity index (χ0v) is 15.6. The van der Waals surface area contributed by atoms with E-state index in [2.05, 4.69) is 5.32 Å². The Morgan fingerprint density at radius 2 is 1.65 bits per heavy atom. The van der Waals surface area contributed by atoms with Crippen LogP contribution >= 0.6 is 0 Å². The van der Waals surface area contributed by atoms with E-state index in [4.69, 9.17) is 4.74 Å². The van der Waals surface area contributed by atoms with Gasteiger partial charge in [0.05, 0.1) is 17.2 Å². The fraction of sp³-hybridized carbons (Fsp3) is 0.350. The van der Waals surface area contributed by atoms with Crippen LogP contribution in [0.4, 0.5) is 5.69 Å². The molecule has 0 saturated heterocycles. The Morgan fingerprint density at radius 3 is 2.31 bits per heavy atom. The average Bonchev–Trinajstić information content (AvgIpc) is 3.16. The van der Waals surface area contributed by atoms with Gasteiger partial charge in [0.1, 0.15) is 5.75 Å². The molecule has 138 valence electrons. The first-order valence-electron chi connectivity index (χ1n) is 8.84. The Bertz CT molecular complexity index is 872. The quantitative estimate of drug-likeness (QED) is 0.836. The lowest BCUT2D eigenvalue weighted by molar-refractivity contribution is -0.118. The molecule has 0 unspecified atom stereocenters. The number of para-hydroxylation sites is 2. The van der Waals surface area contributed by atoms with Crippen LogP contribution in [0.2, 0.25) is 0 Å². The summed E-state index contributed by atoms with van der Waals surface area (Å²) in [6, 6.07) is 15.3. The highest BCUT2D eigenvalue weighted by Crippen LogP contribution is 2.42. The van der Waals surface area contributed by atoms with Crippen molar-refractivity contribution in [2.24, 2.45) is 0 Å². The van der Waals surface area contributed by atoms with Gasteiger partial charge in [-0.05, 0) is 44.0 Å². The Balaban J connectivity index is 1.97. The summed E-state index contributed by atoms with van der Waals surface area (Å²) in [4.78, 5) is 13.4. The molecule has 1 aliphatic carbocycles. The van der Waals surface area contributed by atoms with Crippen LogP contribution in [0.15, 0.2) is 59.5 Å². The lowest BCUT2D eigenvalue weighted by atomic mass is 10.1. The number of anilines is 1. The molecular weight excluding hydrogens is 350 g/mol. The summed E-state index contributed by atoms with van der Waals surface area (Å²) in [5, 5.41) is 2.81. The van der Waals surface area contributed by atoms with Gasteiger partial charge in [0.2, 0.25) is 5.91 Å². The van der Waals surface area contributed by atoms with Crippen LogP contribution in [-0.4, -0.2) is 25.7 Å². The largest absolute Gasteiger partial charge is 0.492 e. The third kappa shape index (κ3) is 3.21. The number of ether oxygens (including phenoxy) is 1. The zero-order chi connectivity index (χ0) is 18.6. The molecule has 1 fully saturated rings. The summed E-state index contributed by atoms with van der Waals surface area (Å²) in [6.07, 6.45) is 2.08. The highest BCUT2D eigenvalue weighted by atomic mass is 32.2. The van der Waals surface area contributed by atoms with Crippen LogP contribution in [0.1, 0.15) is 32.6 Å². The van der Waals surface area contributed by atoms with Crippen molar-refractivity contribution in [3.8, 4) is 5.75 Å². The molecule has 1 N–H and O–H groups in total. The van der Waals surface area contributed by atoms with Crippen molar-refractivity contribution in [1.29, 1.82) is 0 Å². The summed E-state index contributed by atoms with van der Waals surface area (Å²) >= 11 is 0. The standard InChI is InChI=1S/C20H23NO4S/c1-2-25-18-13-7-6-12-17(18)21-19(22)20(14-8-9-15-20)26(23,24)16-10-4-3-5-11-16/h3-7,10-13H,2,8-9,14-15H2,1H3,(H,21,22). The molecule has 3 rings (SSSR count). The van der Waals surface area contributed by atoms with E-state index in [9.17, 15) is 13.2 Å². The number of rotatable bonds is 6. The van der Waals surface area contributed by atoms with Gasteiger partial charge >= 0.3 is 0 Å². The maximum Gasteiger partial charge on any atom is 0.246 e. The van der Waals surface area contributed by atoms with E-state index in [0.29, 0.717) is 43.7 Å². The first-order valence-corrected chi connectivity index (χ1v) is 10.3. The molecule has 0 heterocycles. The molecular formula is C20H23NO4S. The van der Waals surface area contributed by atoms with Crippen molar-refractivity contribution < 1.29 is 17.9 Å². The Morgan fingerprint density at radius 1 is 1.04 bits per heavy atom. The minimum Gasteiger partial charge on any atom is -0.492 e. The van der Waals surface area contributed by atoms with Crippen molar-refractivity contribution in [3.05, 3.63) is 54.6 Å². The van der Waals surface area contributed by atoms with Crippen molar-refractivity contribution in [2.45, 2.75) is 42.2 Å². The Labute approximate surface area is 154 Å². The van der Waals surface area contributed by atoms with Crippen LogP contribution in [0.3, 0.4) is 0 Å². The third-order valence-corrected chi connectivity index (χ3v) is 7.34. The minimum atomic E-state index is -3.80. The number of hydrogen-bond acceptors (Lipinski definition) is 4.